The second kappa shape index (κ2) is 9.05. The minimum absolute atomic E-state index is 0.257. The number of anilines is 3. The van der Waals surface area contributed by atoms with Gasteiger partial charge in [-0.05, 0) is 44.4 Å². The summed E-state index contributed by atoms with van der Waals surface area (Å²) in [5, 5.41) is 3.48. The first-order valence-corrected chi connectivity index (χ1v) is 10.4. The van der Waals surface area contributed by atoms with E-state index in [9.17, 15) is 0 Å². The molecule has 2 heterocycles. The maximum absolute atomic E-state index is 5.75. The van der Waals surface area contributed by atoms with Gasteiger partial charge in [0.25, 0.3) is 0 Å². The Balaban J connectivity index is 1.69. The van der Waals surface area contributed by atoms with Crippen molar-refractivity contribution < 1.29 is 4.74 Å². The quantitative estimate of drug-likeness (QED) is 0.603. The van der Waals surface area contributed by atoms with Crippen LogP contribution < -0.4 is 10.2 Å². The van der Waals surface area contributed by atoms with E-state index in [4.69, 9.17) is 14.7 Å². The molecule has 150 valence electrons. The Morgan fingerprint density at radius 2 is 1.93 bits per heavy atom. The maximum atomic E-state index is 5.75. The lowest BCUT2D eigenvalue weighted by atomic mass is 10.2. The number of benzene rings is 2. The summed E-state index contributed by atoms with van der Waals surface area (Å²) >= 11 is 0. The highest BCUT2D eigenvalue weighted by atomic mass is 16.5. The van der Waals surface area contributed by atoms with Crippen molar-refractivity contribution in [3.8, 4) is 11.4 Å². The molecular formula is C24H28N4O. The van der Waals surface area contributed by atoms with E-state index in [0.717, 1.165) is 61.2 Å². The third-order valence-electron chi connectivity index (χ3n) is 5.19. The lowest BCUT2D eigenvalue weighted by Gasteiger charge is -2.24. The zero-order valence-corrected chi connectivity index (χ0v) is 17.1. The molecule has 29 heavy (non-hydrogen) atoms. The molecule has 4 rings (SSSR count). The van der Waals surface area contributed by atoms with Crippen LogP contribution in [0.25, 0.3) is 11.4 Å². The van der Waals surface area contributed by atoms with Crippen LogP contribution in [0, 0.1) is 6.92 Å². The maximum Gasteiger partial charge on any atom is 0.163 e. The monoisotopic (exact) mass is 388 g/mol. The van der Waals surface area contributed by atoms with E-state index in [-0.39, 0.29) is 6.10 Å². The Morgan fingerprint density at radius 3 is 2.66 bits per heavy atom. The van der Waals surface area contributed by atoms with Gasteiger partial charge in [-0.1, -0.05) is 42.5 Å². The van der Waals surface area contributed by atoms with E-state index < -0.39 is 0 Å². The smallest absolute Gasteiger partial charge is 0.163 e. The average molecular weight is 389 g/mol. The largest absolute Gasteiger partial charge is 0.376 e. The molecule has 5 heteroatoms. The molecule has 3 aromatic rings. The normalized spacial score (nSPS) is 16.0. The van der Waals surface area contributed by atoms with Crippen LogP contribution in [-0.2, 0) is 4.74 Å². The van der Waals surface area contributed by atoms with Crippen LogP contribution in [0.1, 0.15) is 25.3 Å². The van der Waals surface area contributed by atoms with Crippen molar-refractivity contribution in [2.75, 3.05) is 29.9 Å². The SMILES string of the molecule is CCN(c1cccc(C)c1)c1cc(NCC2CCCO2)nc(-c2ccccc2)n1. The Bertz CT molecular complexity index is 939. The number of ether oxygens (including phenoxy) is 1. The second-order valence-electron chi connectivity index (χ2n) is 7.40. The zero-order valence-electron chi connectivity index (χ0n) is 17.1. The van der Waals surface area contributed by atoms with Crippen LogP contribution in [0.5, 0.6) is 0 Å². The molecule has 1 aliphatic heterocycles. The zero-order chi connectivity index (χ0) is 20.1. The molecule has 0 radical (unpaired) electrons. The van der Waals surface area contributed by atoms with Gasteiger partial charge in [0, 0.05) is 37.0 Å². The summed E-state index contributed by atoms with van der Waals surface area (Å²) in [5.74, 6) is 2.45. The van der Waals surface area contributed by atoms with Crippen LogP contribution in [-0.4, -0.2) is 35.8 Å². The molecule has 1 fully saturated rings. The summed E-state index contributed by atoms with van der Waals surface area (Å²) < 4.78 is 5.75. The second-order valence-corrected chi connectivity index (χ2v) is 7.40. The predicted octanol–water partition coefficient (Wildman–Crippen LogP) is 5.20. The van der Waals surface area contributed by atoms with E-state index in [0.29, 0.717) is 0 Å². The van der Waals surface area contributed by atoms with Crippen LogP contribution in [0.3, 0.4) is 0 Å². The topological polar surface area (TPSA) is 50.3 Å². The molecule has 0 spiro atoms. The van der Waals surface area contributed by atoms with Crippen molar-refractivity contribution in [2.45, 2.75) is 32.8 Å². The number of aryl methyl sites for hydroxylation is 1. The number of rotatable bonds is 7. The molecular weight excluding hydrogens is 360 g/mol. The van der Waals surface area contributed by atoms with Gasteiger partial charge in [-0.3, -0.25) is 0 Å². The standard InChI is InChI=1S/C24H28N4O/c1-3-28(20-12-7-9-18(2)15-20)23-16-22(25-17-21-13-8-14-29-21)26-24(27-23)19-10-5-4-6-11-19/h4-7,9-12,15-16,21H,3,8,13-14,17H2,1-2H3,(H,25,26,27). The summed E-state index contributed by atoms with van der Waals surface area (Å²) in [4.78, 5) is 11.9. The lowest BCUT2D eigenvalue weighted by molar-refractivity contribution is 0.120. The molecule has 0 amide bonds. The van der Waals surface area contributed by atoms with E-state index in [1.165, 1.54) is 5.56 Å². The van der Waals surface area contributed by atoms with Crippen molar-refractivity contribution in [3.63, 3.8) is 0 Å². The van der Waals surface area contributed by atoms with E-state index in [2.05, 4.69) is 48.3 Å². The Labute approximate surface area is 172 Å². The summed E-state index contributed by atoms with van der Waals surface area (Å²) in [6, 6.07) is 20.7. The van der Waals surface area contributed by atoms with E-state index in [1.54, 1.807) is 0 Å². The molecule has 1 aromatic heterocycles. The van der Waals surface area contributed by atoms with Crippen molar-refractivity contribution in [1.29, 1.82) is 0 Å². The summed E-state index contributed by atoms with van der Waals surface area (Å²) in [7, 11) is 0. The fourth-order valence-electron chi connectivity index (χ4n) is 3.68. The average Bonchev–Trinajstić information content (AvgIpc) is 3.27. The minimum Gasteiger partial charge on any atom is -0.376 e. The first-order chi connectivity index (χ1) is 14.2. The summed E-state index contributed by atoms with van der Waals surface area (Å²) in [6.07, 6.45) is 2.49. The number of hydrogen-bond acceptors (Lipinski definition) is 5. The van der Waals surface area contributed by atoms with Gasteiger partial charge in [0.15, 0.2) is 5.82 Å². The Morgan fingerprint density at radius 1 is 1.07 bits per heavy atom. The van der Waals surface area contributed by atoms with Crippen LogP contribution >= 0.6 is 0 Å². The Hall–Kier alpha value is -2.92. The third kappa shape index (κ3) is 4.74. The first-order valence-electron chi connectivity index (χ1n) is 10.4. The van der Waals surface area contributed by atoms with Crippen molar-refractivity contribution in [1.82, 2.24) is 9.97 Å². The van der Waals surface area contributed by atoms with E-state index >= 15 is 0 Å². The van der Waals surface area contributed by atoms with Gasteiger partial charge < -0.3 is 15.0 Å². The predicted molar refractivity (Wildman–Crippen MR) is 119 cm³/mol. The summed E-state index contributed by atoms with van der Waals surface area (Å²) in [5.41, 5.74) is 3.38. The van der Waals surface area contributed by atoms with Gasteiger partial charge >= 0.3 is 0 Å². The molecule has 1 unspecified atom stereocenters. The summed E-state index contributed by atoms with van der Waals surface area (Å²) in [6.45, 7) is 6.70. The van der Waals surface area contributed by atoms with Crippen LogP contribution in [0.15, 0.2) is 60.7 Å². The van der Waals surface area contributed by atoms with Gasteiger partial charge in [0.05, 0.1) is 6.10 Å². The lowest BCUT2D eigenvalue weighted by Crippen LogP contribution is -2.21. The molecule has 0 saturated carbocycles. The van der Waals surface area contributed by atoms with E-state index in [1.807, 2.05) is 36.4 Å². The van der Waals surface area contributed by atoms with Crippen LogP contribution in [0.2, 0.25) is 0 Å². The number of nitrogens with zero attached hydrogens (tertiary/aromatic N) is 3. The molecule has 2 aromatic carbocycles. The highest BCUT2D eigenvalue weighted by molar-refractivity contribution is 5.67. The van der Waals surface area contributed by atoms with Gasteiger partial charge in [-0.15, -0.1) is 0 Å². The Kier molecular flexibility index (Phi) is 6.06. The highest BCUT2D eigenvalue weighted by Crippen LogP contribution is 2.28. The number of aromatic nitrogens is 2. The molecule has 1 saturated heterocycles. The molecule has 5 nitrogen and oxygen atoms in total. The minimum atomic E-state index is 0.257. The molecule has 1 N–H and O–H groups in total. The molecule has 0 bridgehead atoms. The first kappa shape index (κ1) is 19.4. The van der Waals surface area contributed by atoms with Gasteiger partial charge in [0.1, 0.15) is 11.6 Å². The van der Waals surface area contributed by atoms with Gasteiger partial charge in [-0.25, -0.2) is 9.97 Å². The van der Waals surface area contributed by atoms with Crippen molar-refractivity contribution >= 4 is 17.3 Å². The molecule has 1 aliphatic rings. The highest BCUT2D eigenvalue weighted by Gasteiger charge is 2.17. The number of hydrogen-bond donors (Lipinski definition) is 1. The fraction of sp³-hybridized carbons (Fsp3) is 0.333. The van der Waals surface area contributed by atoms with Crippen LogP contribution in [0.4, 0.5) is 17.3 Å². The molecule has 0 aliphatic carbocycles. The fourth-order valence-corrected chi connectivity index (χ4v) is 3.68. The van der Waals surface area contributed by atoms with Gasteiger partial charge in [-0.2, -0.15) is 0 Å². The number of nitrogens with one attached hydrogen (secondary N) is 1. The van der Waals surface area contributed by atoms with Crippen molar-refractivity contribution in [2.24, 2.45) is 0 Å². The molecule has 1 atom stereocenters. The third-order valence-corrected chi connectivity index (χ3v) is 5.19. The van der Waals surface area contributed by atoms with Crippen molar-refractivity contribution in [3.05, 3.63) is 66.2 Å². The van der Waals surface area contributed by atoms with Gasteiger partial charge in [0.2, 0.25) is 0 Å².